The molecule has 4 nitrogen and oxygen atoms in total. The standard InChI is InChI=1S/C9H14N2O2S/c12-5-1-2-9(13)10-4-3-8-6-14-7-11-8/h6-7,12H,1-5H2,(H,10,13). The lowest BCUT2D eigenvalue weighted by Gasteiger charge is -2.02. The largest absolute Gasteiger partial charge is 0.396 e. The quantitative estimate of drug-likeness (QED) is 0.728. The molecule has 1 aromatic heterocycles. The number of hydrogen-bond donors (Lipinski definition) is 2. The summed E-state index contributed by atoms with van der Waals surface area (Å²) in [6, 6.07) is 0. The van der Waals surface area contributed by atoms with E-state index < -0.39 is 0 Å². The summed E-state index contributed by atoms with van der Waals surface area (Å²) in [5.41, 5.74) is 2.79. The first-order chi connectivity index (χ1) is 6.83. The number of nitrogens with zero attached hydrogens (tertiary/aromatic N) is 1. The van der Waals surface area contributed by atoms with Gasteiger partial charge < -0.3 is 10.4 Å². The molecular weight excluding hydrogens is 200 g/mol. The summed E-state index contributed by atoms with van der Waals surface area (Å²) in [6.45, 7) is 0.688. The van der Waals surface area contributed by atoms with E-state index in [1.807, 2.05) is 5.38 Å². The van der Waals surface area contributed by atoms with Crippen molar-refractivity contribution in [3.63, 3.8) is 0 Å². The Morgan fingerprint density at radius 2 is 2.50 bits per heavy atom. The van der Waals surface area contributed by atoms with E-state index in [1.165, 1.54) is 0 Å². The van der Waals surface area contributed by atoms with Crippen LogP contribution in [0.3, 0.4) is 0 Å². The van der Waals surface area contributed by atoms with E-state index in [1.54, 1.807) is 16.8 Å². The third-order valence-corrected chi connectivity index (χ3v) is 2.38. The molecule has 0 bridgehead atoms. The second-order valence-electron chi connectivity index (χ2n) is 2.91. The summed E-state index contributed by atoms with van der Waals surface area (Å²) in [5.74, 6) is -0.00530. The molecule has 2 N–H and O–H groups in total. The highest BCUT2D eigenvalue weighted by Gasteiger charge is 2.00. The average molecular weight is 214 g/mol. The molecule has 1 rings (SSSR count). The molecule has 0 atom stereocenters. The van der Waals surface area contributed by atoms with E-state index >= 15 is 0 Å². The van der Waals surface area contributed by atoms with Crippen molar-refractivity contribution in [1.29, 1.82) is 0 Å². The zero-order chi connectivity index (χ0) is 10.2. The molecule has 5 heteroatoms. The molecule has 0 radical (unpaired) electrons. The Bertz CT molecular complexity index is 262. The minimum atomic E-state index is -0.00530. The molecule has 0 aliphatic rings. The van der Waals surface area contributed by atoms with Crippen LogP contribution in [0.5, 0.6) is 0 Å². The van der Waals surface area contributed by atoms with E-state index in [-0.39, 0.29) is 12.5 Å². The fraction of sp³-hybridized carbons (Fsp3) is 0.556. The summed E-state index contributed by atoms with van der Waals surface area (Å²) < 4.78 is 0. The van der Waals surface area contributed by atoms with Gasteiger partial charge in [-0.05, 0) is 6.42 Å². The van der Waals surface area contributed by atoms with Crippen LogP contribution >= 0.6 is 11.3 Å². The van der Waals surface area contributed by atoms with Crippen LogP contribution in [0.2, 0.25) is 0 Å². The van der Waals surface area contributed by atoms with Crippen molar-refractivity contribution < 1.29 is 9.90 Å². The molecule has 0 spiro atoms. The maximum Gasteiger partial charge on any atom is 0.220 e. The van der Waals surface area contributed by atoms with Gasteiger partial charge in [0.2, 0.25) is 5.91 Å². The molecule has 0 fully saturated rings. The molecule has 0 saturated carbocycles. The fourth-order valence-electron chi connectivity index (χ4n) is 1.02. The summed E-state index contributed by atoms with van der Waals surface area (Å²) in [4.78, 5) is 15.2. The predicted molar refractivity (Wildman–Crippen MR) is 55.1 cm³/mol. The molecule has 1 heterocycles. The van der Waals surface area contributed by atoms with Gasteiger partial charge in [-0.1, -0.05) is 0 Å². The third kappa shape index (κ3) is 4.34. The van der Waals surface area contributed by atoms with Gasteiger partial charge in [-0.15, -0.1) is 11.3 Å². The summed E-state index contributed by atoms with van der Waals surface area (Å²) in [5, 5.41) is 13.2. The second-order valence-corrected chi connectivity index (χ2v) is 3.63. The van der Waals surface area contributed by atoms with Crippen molar-refractivity contribution in [3.8, 4) is 0 Å². The minimum Gasteiger partial charge on any atom is -0.396 e. The van der Waals surface area contributed by atoms with E-state index in [0.29, 0.717) is 19.4 Å². The average Bonchev–Trinajstić information content (AvgIpc) is 2.67. The normalized spacial score (nSPS) is 10.1. The Kier molecular flexibility index (Phi) is 5.17. The number of thiazole rings is 1. The number of rotatable bonds is 6. The first-order valence-electron chi connectivity index (χ1n) is 4.57. The van der Waals surface area contributed by atoms with Crippen molar-refractivity contribution in [3.05, 3.63) is 16.6 Å². The molecule has 1 amide bonds. The Hall–Kier alpha value is -0.940. The number of aromatic nitrogens is 1. The number of carbonyl (C=O) groups excluding carboxylic acids is 1. The van der Waals surface area contributed by atoms with Crippen molar-refractivity contribution in [1.82, 2.24) is 10.3 Å². The van der Waals surface area contributed by atoms with Crippen LogP contribution < -0.4 is 5.32 Å². The monoisotopic (exact) mass is 214 g/mol. The van der Waals surface area contributed by atoms with Crippen LogP contribution in [0.15, 0.2) is 10.9 Å². The number of hydrogen-bond acceptors (Lipinski definition) is 4. The highest BCUT2D eigenvalue weighted by Crippen LogP contribution is 2.00. The first kappa shape index (κ1) is 11.1. The lowest BCUT2D eigenvalue weighted by molar-refractivity contribution is -0.121. The highest BCUT2D eigenvalue weighted by molar-refractivity contribution is 7.07. The van der Waals surface area contributed by atoms with E-state index in [4.69, 9.17) is 5.11 Å². The van der Waals surface area contributed by atoms with Gasteiger partial charge in [-0.3, -0.25) is 4.79 Å². The Labute approximate surface area is 87.0 Å². The van der Waals surface area contributed by atoms with Gasteiger partial charge >= 0.3 is 0 Å². The van der Waals surface area contributed by atoms with Gasteiger partial charge in [0.05, 0.1) is 11.2 Å². The van der Waals surface area contributed by atoms with Gasteiger partial charge in [0, 0.05) is 31.4 Å². The van der Waals surface area contributed by atoms with Crippen LogP contribution in [-0.4, -0.2) is 29.1 Å². The highest BCUT2D eigenvalue weighted by atomic mass is 32.1. The van der Waals surface area contributed by atoms with Gasteiger partial charge in [-0.25, -0.2) is 4.98 Å². The Morgan fingerprint density at radius 1 is 1.64 bits per heavy atom. The maximum atomic E-state index is 11.1. The SMILES string of the molecule is O=C(CCCO)NCCc1cscn1. The number of nitrogens with one attached hydrogen (secondary N) is 1. The Morgan fingerprint density at radius 3 is 3.14 bits per heavy atom. The van der Waals surface area contributed by atoms with E-state index in [2.05, 4.69) is 10.3 Å². The number of amides is 1. The minimum absolute atomic E-state index is 0.00530. The Balaban J connectivity index is 2.06. The summed E-state index contributed by atoms with van der Waals surface area (Å²) in [7, 11) is 0. The van der Waals surface area contributed by atoms with Crippen LogP contribution in [0, 0.1) is 0 Å². The van der Waals surface area contributed by atoms with Gasteiger partial charge in [0.15, 0.2) is 0 Å². The molecule has 0 saturated heterocycles. The molecule has 0 aliphatic heterocycles. The number of aliphatic hydroxyl groups excluding tert-OH is 1. The van der Waals surface area contributed by atoms with Gasteiger partial charge in [0.25, 0.3) is 0 Å². The summed E-state index contributed by atoms with van der Waals surface area (Å²) >= 11 is 1.56. The zero-order valence-electron chi connectivity index (χ0n) is 7.90. The van der Waals surface area contributed by atoms with Crippen molar-refractivity contribution in [2.75, 3.05) is 13.2 Å². The molecule has 14 heavy (non-hydrogen) atoms. The smallest absolute Gasteiger partial charge is 0.220 e. The van der Waals surface area contributed by atoms with E-state index in [0.717, 1.165) is 12.1 Å². The lowest BCUT2D eigenvalue weighted by Crippen LogP contribution is -2.25. The molecule has 0 aromatic carbocycles. The van der Waals surface area contributed by atoms with E-state index in [9.17, 15) is 4.79 Å². The molecule has 0 aliphatic carbocycles. The van der Waals surface area contributed by atoms with Crippen molar-refractivity contribution in [2.45, 2.75) is 19.3 Å². The van der Waals surface area contributed by atoms with Crippen LogP contribution in [0.4, 0.5) is 0 Å². The van der Waals surface area contributed by atoms with Gasteiger partial charge in [0.1, 0.15) is 0 Å². The van der Waals surface area contributed by atoms with Crippen LogP contribution in [0.25, 0.3) is 0 Å². The van der Waals surface area contributed by atoms with Crippen LogP contribution in [-0.2, 0) is 11.2 Å². The van der Waals surface area contributed by atoms with Crippen molar-refractivity contribution >= 4 is 17.2 Å². The molecule has 0 unspecified atom stereocenters. The molecule has 1 aromatic rings. The fourth-order valence-corrected chi connectivity index (χ4v) is 1.61. The third-order valence-electron chi connectivity index (χ3n) is 1.75. The topological polar surface area (TPSA) is 62.2 Å². The number of carbonyl (C=O) groups is 1. The first-order valence-corrected chi connectivity index (χ1v) is 5.52. The zero-order valence-corrected chi connectivity index (χ0v) is 8.72. The predicted octanol–water partition coefficient (Wildman–Crippen LogP) is 0.574. The lowest BCUT2D eigenvalue weighted by atomic mass is 10.3. The summed E-state index contributed by atoms with van der Waals surface area (Å²) in [6.07, 6.45) is 1.70. The maximum absolute atomic E-state index is 11.1. The second kappa shape index (κ2) is 6.50. The molecule has 78 valence electrons. The number of aliphatic hydroxyl groups is 1. The van der Waals surface area contributed by atoms with Gasteiger partial charge in [-0.2, -0.15) is 0 Å². The van der Waals surface area contributed by atoms with Crippen LogP contribution in [0.1, 0.15) is 18.5 Å². The molecular formula is C9H14N2O2S. The van der Waals surface area contributed by atoms with Crippen molar-refractivity contribution in [2.24, 2.45) is 0 Å².